The summed E-state index contributed by atoms with van der Waals surface area (Å²) in [5.41, 5.74) is 12.4. The van der Waals surface area contributed by atoms with E-state index in [0.717, 1.165) is 15.8 Å². The standard InChI is InChI=1S/C21H16ClF2N3O3S.C16H13ClF2N2O.C8H7N3O2S.ClH/c22-15-7-11(1-4-16(15)23)26-20(28)14-2-5-17(24)19-13(14)3-6-18(19)27-21(29)30-9-12-8-25-10-31-12;17-11-7-8(1-4-12(11)18)21-16(22)10-2-5-13(19)15-9(10)3-6-14(15)20;12-8(11-2-1-9-5-11)13-4-7-3-10-6-14-7;/h1-2,4-5,7-8,10,18H,3,6,9H2,(H,26,28)(H,27,29);1-2,4-5,7,14H,3,6,20H2,(H,21,22);1-3,5-6H,4H2;1H/t18-;14-;;/m00../s1. The molecule has 0 spiro atoms. The molecular formula is C45H37Cl3F4N8O6S2. The Kier molecular flexibility index (Phi) is 17.6. The molecule has 68 heavy (non-hydrogen) atoms. The Balaban J connectivity index is 0.000000179. The van der Waals surface area contributed by atoms with Crippen molar-refractivity contribution in [2.24, 2.45) is 5.73 Å². The highest BCUT2D eigenvalue weighted by Crippen LogP contribution is 2.37. The third-order valence-electron chi connectivity index (χ3n) is 10.2. The van der Waals surface area contributed by atoms with Gasteiger partial charge in [-0.2, -0.15) is 0 Å². The number of hydrogen-bond acceptors (Lipinski definition) is 12. The molecule has 0 unspecified atom stereocenters. The van der Waals surface area contributed by atoms with Crippen molar-refractivity contribution in [2.45, 2.75) is 51.0 Å². The third kappa shape index (κ3) is 12.8. The van der Waals surface area contributed by atoms with Crippen LogP contribution in [0.25, 0.3) is 0 Å². The molecule has 9 rings (SSSR count). The van der Waals surface area contributed by atoms with Gasteiger partial charge in [0.15, 0.2) is 0 Å². The Labute approximate surface area is 409 Å². The van der Waals surface area contributed by atoms with Gasteiger partial charge >= 0.3 is 12.2 Å². The lowest BCUT2D eigenvalue weighted by molar-refractivity contribution is 0.101. The summed E-state index contributed by atoms with van der Waals surface area (Å²) in [6.07, 6.45) is 8.61. The van der Waals surface area contributed by atoms with Crippen LogP contribution >= 0.6 is 58.3 Å². The highest BCUT2D eigenvalue weighted by atomic mass is 35.5. The van der Waals surface area contributed by atoms with E-state index < -0.39 is 47.5 Å². The van der Waals surface area contributed by atoms with Crippen LogP contribution in [0.2, 0.25) is 10.0 Å². The number of fused-ring (bicyclic) bond motifs is 2. The number of nitrogens with zero attached hydrogens (tertiary/aromatic N) is 4. The first-order chi connectivity index (χ1) is 32.2. The Hall–Kier alpha value is -6.42. The average molecular weight is 1030 g/mol. The zero-order chi connectivity index (χ0) is 47.6. The zero-order valence-corrected chi connectivity index (χ0v) is 39.0. The Bertz CT molecular complexity index is 2900. The number of halogens is 7. The number of rotatable bonds is 9. The molecule has 0 saturated heterocycles. The number of thiazole rings is 2. The molecule has 14 nitrogen and oxygen atoms in total. The lowest BCUT2D eigenvalue weighted by atomic mass is 10.0. The minimum atomic E-state index is -0.679. The highest BCUT2D eigenvalue weighted by molar-refractivity contribution is 7.09. The second-order valence-electron chi connectivity index (χ2n) is 14.6. The maximum Gasteiger partial charge on any atom is 0.419 e. The number of benzene rings is 4. The molecule has 3 heterocycles. The normalized spacial score (nSPS) is 14.1. The number of carbonyl (C=O) groups is 4. The first-order valence-corrected chi connectivity index (χ1v) is 22.5. The summed E-state index contributed by atoms with van der Waals surface area (Å²) >= 11 is 14.2. The molecule has 0 saturated carbocycles. The lowest BCUT2D eigenvalue weighted by Crippen LogP contribution is -2.28. The SMILES string of the molecule is Cl.N[C@H]1CCc2c(C(=O)Nc3ccc(F)c(Cl)c3)ccc(F)c21.O=C(N[C@H]1CCc2c(C(=O)Nc3ccc(F)c(Cl)c3)ccc(F)c21)OCc1cncs1.O=C(OCc1cncs1)n1ccnc1. The number of nitrogens with one attached hydrogen (secondary N) is 3. The summed E-state index contributed by atoms with van der Waals surface area (Å²) in [5, 5.41) is 7.73. The fraction of sp³-hybridized carbons (Fsp3) is 0.178. The van der Waals surface area contributed by atoms with Crippen LogP contribution < -0.4 is 21.7 Å². The number of hydrogen-bond donors (Lipinski definition) is 4. The maximum atomic E-state index is 14.6. The summed E-state index contributed by atoms with van der Waals surface area (Å²) in [6.45, 7) is 0.322. The van der Waals surface area contributed by atoms with Crippen molar-refractivity contribution in [3.8, 4) is 0 Å². The molecule has 0 aliphatic heterocycles. The van der Waals surface area contributed by atoms with Crippen LogP contribution in [0.5, 0.6) is 0 Å². The first-order valence-electron chi connectivity index (χ1n) is 20.0. The van der Waals surface area contributed by atoms with Gasteiger partial charge in [0.05, 0.1) is 36.9 Å². The van der Waals surface area contributed by atoms with Crippen LogP contribution in [0.3, 0.4) is 0 Å². The van der Waals surface area contributed by atoms with E-state index in [0.29, 0.717) is 59.3 Å². The van der Waals surface area contributed by atoms with E-state index in [1.165, 1.54) is 101 Å². The Morgan fingerprint density at radius 1 is 0.706 bits per heavy atom. The molecule has 2 aliphatic rings. The quantitative estimate of drug-likeness (QED) is 0.101. The van der Waals surface area contributed by atoms with Crippen molar-refractivity contribution in [3.63, 3.8) is 0 Å². The monoisotopic (exact) mass is 1030 g/mol. The van der Waals surface area contributed by atoms with Gasteiger partial charge in [-0.15, -0.1) is 35.1 Å². The Morgan fingerprint density at radius 3 is 1.74 bits per heavy atom. The largest absolute Gasteiger partial charge is 0.444 e. The second kappa shape index (κ2) is 23.5. The van der Waals surface area contributed by atoms with Crippen LogP contribution in [0.4, 0.5) is 38.5 Å². The summed E-state index contributed by atoms with van der Waals surface area (Å²) < 4.78 is 66.3. The number of amides is 3. The predicted molar refractivity (Wildman–Crippen MR) is 250 cm³/mol. The summed E-state index contributed by atoms with van der Waals surface area (Å²) in [7, 11) is 0. The van der Waals surface area contributed by atoms with E-state index in [9.17, 15) is 36.7 Å². The third-order valence-corrected chi connectivity index (χ3v) is 12.3. The van der Waals surface area contributed by atoms with Gasteiger partial charge in [0.25, 0.3) is 11.8 Å². The summed E-state index contributed by atoms with van der Waals surface area (Å²) in [6, 6.07) is 12.0. The van der Waals surface area contributed by atoms with Crippen LogP contribution in [-0.4, -0.2) is 43.5 Å². The fourth-order valence-corrected chi connectivity index (χ4v) is 8.47. The van der Waals surface area contributed by atoms with Crippen LogP contribution in [0, 0.1) is 23.3 Å². The minimum Gasteiger partial charge on any atom is -0.444 e. The number of alkyl carbamates (subject to hydrolysis) is 1. The number of nitrogens with two attached hydrogens (primary N) is 1. The summed E-state index contributed by atoms with van der Waals surface area (Å²) in [5.74, 6) is -2.94. The lowest BCUT2D eigenvalue weighted by Gasteiger charge is -2.16. The van der Waals surface area contributed by atoms with Crippen molar-refractivity contribution in [1.29, 1.82) is 0 Å². The molecule has 3 amide bonds. The average Bonchev–Trinajstić information content (AvgIpc) is 4.18. The molecule has 7 aromatic rings. The van der Waals surface area contributed by atoms with E-state index in [2.05, 4.69) is 30.9 Å². The molecule has 2 atom stereocenters. The molecule has 4 aromatic carbocycles. The van der Waals surface area contributed by atoms with Gasteiger partial charge in [-0.25, -0.2) is 36.7 Å². The van der Waals surface area contributed by atoms with Gasteiger partial charge in [0.1, 0.15) is 42.8 Å². The number of carbonyl (C=O) groups excluding carboxylic acids is 4. The molecule has 23 heteroatoms. The van der Waals surface area contributed by atoms with Gasteiger partial charge in [-0.1, -0.05) is 23.2 Å². The minimum absolute atomic E-state index is 0. The number of anilines is 2. The smallest absolute Gasteiger partial charge is 0.419 e. The van der Waals surface area contributed by atoms with Crippen LogP contribution in [0.15, 0.2) is 103 Å². The molecule has 3 aromatic heterocycles. The van der Waals surface area contributed by atoms with E-state index in [4.69, 9.17) is 38.4 Å². The Morgan fingerprint density at radius 2 is 1.22 bits per heavy atom. The van der Waals surface area contributed by atoms with Crippen molar-refractivity contribution in [2.75, 3.05) is 10.6 Å². The first kappa shape index (κ1) is 51.0. The van der Waals surface area contributed by atoms with E-state index >= 15 is 0 Å². The molecule has 0 fully saturated rings. The van der Waals surface area contributed by atoms with Crippen molar-refractivity contribution in [3.05, 3.63) is 179 Å². The van der Waals surface area contributed by atoms with Crippen LogP contribution in [0.1, 0.15) is 77.6 Å². The van der Waals surface area contributed by atoms with E-state index in [-0.39, 0.29) is 58.7 Å². The fourth-order valence-electron chi connectivity index (χ4n) is 7.10. The van der Waals surface area contributed by atoms with Crippen molar-refractivity contribution >= 4 is 93.7 Å². The summed E-state index contributed by atoms with van der Waals surface area (Å²) in [4.78, 5) is 61.8. The molecular weight excluding hydrogens is 995 g/mol. The van der Waals surface area contributed by atoms with Gasteiger partial charge in [0, 0.05) is 64.5 Å². The molecule has 354 valence electrons. The number of ether oxygens (including phenoxy) is 2. The number of aromatic nitrogens is 4. The van der Waals surface area contributed by atoms with Gasteiger partial charge < -0.3 is 31.2 Å². The maximum absolute atomic E-state index is 14.6. The van der Waals surface area contributed by atoms with Crippen LogP contribution in [-0.2, 0) is 35.5 Å². The highest BCUT2D eigenvalue weighted by Gasteiger charge is 2.32. The van der Waals surface area contributed by atoms with Gasteiger partial charge in [-0.3, -0.25) is 19.6 Å². The van der Waals surface area contributed by atoms with E-state index in [1.807, 2.05) is 0 Å². The van der Waals surface area contributed by atoms with Crippen molar-refractivity contribution in [1.82, 2.24) is 24.8 Å². The molecule has 2 aliphatic carbocycles. The van der Waals surface area contributed by atoms with E-state index in [1.54, 1.807) is 23.4 Å². The predicted octanol–water partition coefficient (Wildman–Crippen LogP) is 11.0. The number of imidazole rings is 1. The zero-order valence-electron chi connectivity index (χ0n) is 35.0. The second-order valence-corrected chi connectivity index (χ2v) is 17.3. The van der Waals surface area contributed by atoms with Gasteiger partial charge in [0.2, 0.25) is 0 Å². The molecule has 0 bridgehead atoms. The van der Waals surface area contributed by atoms with Crippen molar-refractivity contribution < 1.29 is 46.2 Å². The topological polar surface area (TPSA) is 192 Å². The molecule has 0 radical (unpaired) electrons. The van der Waals surface area contributed by atoms with Gasteiger partial charge in [-0.05, 0) is 97.5 Å². The molecule has 5 N–H and O–H groups in total.